The number of benzene rings is 1. The summed E-state index contributed by atoms with van der Waals surface area (Å²) in [5.41, 5.74) is 1.03. The van der Waals surface area contributed by atoms with Crippen LogP contribution >= 0.6 is 0 Å². The molecule has 0 saturated carbocycles. The van der Waals surface area contributed by atoms with E-state index in [9.17, 15) is 9.59 Å². The Hall–Kier alpha value is -2.56. The number of amides is 1. The fourth-order valence-corrected chi connectivity index (χ4v) is 3.51. The van der Waals surface area contributed by atoms with Gasteiger partial charge in [-0.05, 0) is 37.3 Å². The Labute approximate surface area is 153 Å². The van der Waals surface area contributed by atoms with Gasteiger partial charge in [0.15, 0.2) is 0 Å². The van der Waals surface area contributed by atoms with Crippen molar-refractivity contribution in [2.45, 2.75) is 38.5 Å². The summed E-state index contributed by atoms with van der Waals surface area (Å²) >= 11 is 0. The molecule has 26 heavy (non-hydrogen) atoms. The molecule has 0 bridgehead atoms. The highest BCUT2D eigenvalue weighted by Crippen LogP contribution is 2.24. The maximum atomic E-state index is 12.5. The molecule has 5 nitrogen and oxygen atoms in total. The first-order valence-electron chi connectivity index (χ1n) is 9.25. The molecule has 1 aromatic carbocycles. The Morgan fingerprint density at radius 1 is 1.12 bits per heavy atom. The first-order valence-corrected chi connectivity index (χ1v) is 9.25. The van der Waals surface area contributed by atoms with Gasteiger partial charge in [0.1, 0.15) is 11.5 Å². The van der Waals surface area contributed by atoms with E-state index in [0.717, 1.165) is 36.5 Å². The molecule has 2 aromatic rings. The lowest BCUT2D eigenvalue weighted by molar-refractivity contribution is -0.137. The van der Waals surface area contributed by atoms with Crippen LogP contribution in [0, 0.1) is 5.92 Å². The summed E-state index contributed by atoms with van der Waals surface area (Å²) in [6.45, 7) is 1.45. The Morgan fingerprint density at radius 2 is 1.92 bits per heavy atom. The molecule has 2 heterocycles. The van der Waals surface area contributed by atoms with Crippen molar-refractivity contribution in [2.24, 2.45) is 5.92 Å². The summed E-state index contributed by atoms with van der Waals surface area (Å²) < 4.78 is 5.86. The molecule has 1 atom stereocenters. The fraction of sp³-hybridized carbons (Fsp3) is 0.429. The van der Waals surface area contributed by atoms with Gasteiger partial charge in [0.05, 0.1) is 0 Å². The van der Waals surface area contributed by atoms with Crippen LogP contribution in [-0.4, -0.2) is 35.0 Å². The first-order chi connectivity index (χ1) is 12.6. The number of likely N-dealkylation sites (tertiary alicyclic amines) is 1. The molecule has 1 saturated heterocycles. The second kappa shape index (κ2) is 8.70. The van der Waals surface area contributed by atoms with E-state index in [1.807, 2.05) is 47.4 Å². The molecule has 3 rings (SSSR count). The Morgan fingerprint density at radius 3 is 2.69 bits per heavy atom. The third kappa shape index (κ3) is 4.97. The number of furan rings is 1. The molecule has 1 fully saturated rings. The van der Waals surface area contributed by atoms with Crippen molar-refractivity contribution in [3.8, 4) is 11.3 Å². The molecule has 138 valence electrons. The Kier molecular flexibility index (Phi) is 6.10. The number of rotatable bonds is 7. The highest BCUT2D eigenvalue weighted by atomic mass is 16.4. The number of carboxylic acid groups (broad SMARTS) is 1. The van der Waals surface area contributed by atoms with E-state index >= 15 is 0 Å². The Balaban J connectivity index is 1.49. The van der Waals surface area contributed by atoms with Crippen molar-refractivity contribution in [3.05, 3.63) is 48.2 Å². The summed E-state index contributed by atoms with van der Waals surface area (Å²) in [5, 5.41) is 8.82. The summed E-state index contributed by atoms with van der Waals surface area (Å²) in [6, 6.07) is 13.8. The highest BCUT2D eigenvalue weighted by Gasteiger charge is 2.24. The zero-order chi connectivity index (χ0) is 18.4. The van der Waals surface area contributed by atoms with Gasteiger partial charge in [0.25, 0.3) is 0 Å². The number of piperidine rings is 1. The number of aryl methyl sites for hydroxylation is 1. The van der Waals surface area contributed by atoms with Gasteiger partial charge in [-0.25, -0.2) is 0 Å². The average Bonchev–Trinajstić information content (AvgIpc) is 3.14. The van der Waals surface area contributed by atoms with E-state index < -0.39 is 5.97 Å². The van der Waals surface area contributed by atoms with Crippen LogP contribution in [0.3, 0.4) is 0 Å². The van der Waals surface area contributed by atoms with Crippen LogP contribution in [0.2, 0.25) is 0 Å². The smallest absolute Gasteiger partial charge is 0.303 e. The summed E-state index contributed by atoms with van der Waals surface area (Å²) in [5.74, 6) is 1.30. The molecule has 5 heteroatoms. The molecule has 1 aromatic heterocycles. The van der Waals surface area contributed by atoms with Crippen LogP contribution < -0.4 is 0 Å². The first kappa shape index (κ1) is 18.2. The lowest BCUT2D eigenvalue weighted by Gasteiger charge is -2.32. The molecule has 1 aliphatic heterocycles. The number of nitrogens with zero attached hydrogens (tertiary/aromatic N) is 1. The van der Waals surface area contributed by atoms with Crippen LogP contribution in [-0.2, 0) is 16.0 Å². The van der Waals surface area contributed by atoms with E-state index in [2.05, 4.69) is 0 Å². The monoisotopic (exact) mass is 355 g/mol. The van der Waals surface area contributed by atoms with Crippen LogP contribution in [0.15, 0.2) is 46.9 Å². The largest absolute Gasteiger partial charge is 0.481 e. The van der Waals surface area contributed by atoms with E-state index in [4.69, 9.17) is 9.52 Å². The predicted molar refractivity (Wildman–Crippen MR) is 98.6 cm³/mol. The molecule has 1 amide bonds. The van der Waals surface area contributed by atoms with Crippen molar-refractivity contribution < 1.29 is 19.1 Å². The average molecular weight is 355 g/mol. The van der Waals surface area contributed by atoms with Crippen LogP contribution in [0.5, 0.6) is 0 Å². The standard InChI is InChI=1S/C21H25NO4/c23-20(22-14-4-5-16(15-22)8-13-21(24)25)12-10-18-9-11-19(26-18)17-6-2-1-3-7-17/h1-3,6-7,9,11,16H,4-5,8,10,12-15H2,(H,24,25). The van der Waals surface area contributed by atoms with Crippen molar-refractivity contribution in [2.75, 3.05) is 13.1 Å². The molecule has 0 aliphatic carbocycles. The van der Waals surface area contributed by atoms with E-state index in [-0.39, 0.29) is 12.3 Å². The molecule has 1 aliphatic rings. The van der Waals surface area contributed by atoms with Crippen molar-refractivity contribution in [1.82, 2.24) is 4.90 Å². The second-order valence-electron chi connectivity index (χ2n) is 6.91. The minimum atomic E-state index is -0.763. The number of carboxylic acids is 1. The topological polar surface area (TPSA) is 70.8 Å². The lowest BCUT2D eigenvalue weighted by atomic mass is 9.93. The van der Waals surface area contributed by atoms with Crippen LogP contribution in [0.4, 0.5) is 0 Å². The lowest BCUT2D eigenvalue weighted by Crippen LogP contribution is -2.40. The second-order valence-corrected chi connectivity index (χ2v) is 6.91. The molecule has 0 radical (unpaired) electrons. The van der Waals surface area contributed by atoms with Crippen molar-refractivity contribution in [3.63, 3.8) is 0 Å². The number of hydrogen-bond donors (Lipinski definition) is 1. The minimum absolute atomic E-state index is 0.127. The molecule has 1 N–H and O–H groups in total. The van der Waals surface area contributed by atoms with Crippen molar-refractivity contribution >= 4 is 11.9 Å². The number of carbonyl (C=O) groups is 2. The number of aliphatic carboxylic acids is 1. The molecular weight excluding hydrogens is 330 g/mol. The molecular formula is C21H25NO4. The normalized spacial score (nSPS) is 17.2. The molecule has 0 spiro atoms. The molecule has 1 unspecified atom stereocenters. The Bertz CT molecular complexity index is 737. The fourth-order valence-electron chi connectivity index (χ4n) is 3.51. The van der Waals surface area contributed by atoms with E-state index in [1.54, 1.807) is 0 Å². The SMILES string of the molecule is O=C(O)CCC1CCCN(C(=O)CCc2ccc(-c3ccccc3)o2)C1. The maximum absolute atomic E-state index is 12.5. The summed E-state index contributed by atoms with van der Waals surface area (Å²) in [6.07, 6.45) is 3.80. The van der Waals surface area contributed by atoms with Crippen LogP contribution in [0.1, 0.15) is 37.9 Å². The van der Waals surface area contributed by atoms with Gasteiger partial charge in [-0.2, -0.15) is 0 Å². The third-order valence-electron chi connectivity index (χ3n) is 4.94. The van der Waals surface area contributed by atoms with Gasteiger partial charge in [0, 0.05) is 37.9 Å². The maximum Gasteiger partial charge on any atom is 0.303 e. The van der Waals surface area contributed by atoms with Gasteiger partial charge in [-0.1, -0.05) is 30.3 Å². The van der Waals surface area contributed by atoms with Gasteiger partial charge < -0.3 is 14.4 Å². The highest BCUT2D eigenvalue weighted by molar-refractivity contribution is 5.76. The zero-order valence-electron chi connectivity index (χ0n) is 14.9. The quantitative estimate of drug-likeness (QED) is 0.815. The van der Waals surface area contributed by atoms with Gasteiger partial charge in [-0.3, -0.25) is 9.59 Å². The van der Waals surface area contributed by atoms with Gasteiger partial charge in [-0.15, -0.1) is 0 Å². The van der Waals surface area contributed by atoms with Gasteiger partial charge in [0.2, 0.25) is 5.91 Å². The van der Waals surface area contributed by atoms with Crippen molar-refractivity contribution in [1.29, 1.82) is 0 Å². The van der Waals surface area contributed by atoms with E-state index in [1.165, 1.54) is 0 Å². The van der Waals surface area contributed by atoms with Gasteiger partial charge >= 0.3 is 5.97 Å². The summed E-state index contributed by atoms with van der Waals surface area (Å²) in [7, 11) is 0. The number of carbonyl (C=O) groups excluding carboxylic acids is 1. The van der Waals surface area contributed by atoms with E-state index in [0.29, 0.717) is 31.7 Å². The number of hydrogen-bond acceptors (Lipinski definition) is 3. The zero-order valence-corrected chi connectivity index (χ0v) is 14.9. The van der Waals surface area contributed by atoms with Crippen LogP contribution in [0.25, 0.3) is 11.3 Å². The predicted octanol–water partition coefficient (Wildman–Crippen LogP) is 3.98. The minimum Gasteiger partial charge on any atom is -0.481 e. The third-order valence-corrected chi connectivity index (χ3v) is 4.94. The summed E-state index contributed by atoms with van der Waals surface area (Å²) in [4.78, 5) is 25.1.